The van der Waals surface area contributed by atoms with E-state index in [0.29, 0.717) is 17.4 Å². The minimum Gasteiger partial charge on any atom is -0.381 e. The summed E-state index contributed by atoms with van der Waals surface area (Å²) in [6.07, 6.45) is 4.52. The fourth-order valence-electron chi connectivity index (χ4n) is 1.55. The Morgan fingerprint density at radius 3 is 2.75 bits per heavy atom. The predicted octanol–water partition coefficient (Wildman–Crippen LogP) is 2.67. The van der Waals surface area contributed by atoms with Crippen molar-refractivity contribution in [2.45, 2.75) is 32.3 Å². The zero-order valence-electron chi connectivity index (χ0n) is 10.2. The monoisotopic (exact) mass is 241 g/mol. The van der Waals surface area contributed by atoms with Gasteiger partial charge in [0.2, 0.25) is 0 Å². The smallest absolute Gasteiger partial charge is 0.187 e. The third-order valence-corrected chi connectivity index (χ3v) is 3.32. The molecule has 0 heterocycles. The Hall–Kier alpha value is -0.610. The Labute approximate surface area is 101 Å². The van der Waals surface area contributed by atoms with Crippen LogP contribution in [0.1, 0.15) is 26.2 Å². The molecule has 1 rings (SSSR count). The molecule has 0 aromatic heterocycles. The third-order valence-electron chi connectivity index (χ3n) is 2.62. The number of hydrogen-bond acceptors (Lipinski definition) is 4. The number of carbonyl (C=O) groups is 1. The molecule has 0 spiro atoms. The van der Waals surface area contributed by atoms with Crippen LogP contribution in [0.15, 0.2) is 17.3 Å². The number of hydrogen-bond donors (Lipinski definition) is 0. The highest BCUT2D eigenvalue weighted by molar-refractivity contribution is 8.15. The number of carbonyl (C=O) groups excluding carboxylic acids is 1. The van der Waals surface area contributed by atoms with E-state index in [2.05, 4.69) is 11.6 Å². The van der Waals surface area contributed by atoms with Crippen LogP contribution < -0.4 is 0 Å². The van der Waals surface area contributed by atoms with Crippen LogP contribution in [0.25, 0.3) is 0 Å². The average Bonchev–Trinajstić information content (AvgIpc) is 3.05. The lowest BCUT2D eigenvalue weighted by atomic mass is 10.2. The molecule has 0 aromatic carbocycles. The van der Waals surface area contributed by atoms with Crippen molar-refractivity contribution in [3.63, 3.8) is 0 Å². The van der Waals surface area contributed by atoms with Crippen LogP contribution in [0.4, 0.5) is 0 Å². The Morgan fingerprint density at radius 1 is 1.62 bits per heavy atom. The minimum absolute atomic E-state index is 0.116. The van der Waals surface area contributed by atoms with E-state index in [0.717, 1.165) is 18.5 Å². The Kier molecular flexibility index (Phi) is 5.22. The number of thioether (sulfide) groups is 1. The molecule has 0 bridgehead atoms. The predicted molar refractivity (Wildman–Crippen MR) is 68.9 cm³/mol. The van der Waals surface area contributed by atoms with E-state index in [4.69, 9.17) is 4.74 Å². The van der Waals surface area contributed by atoms with Crippen molar-refractivity contribution in [3.05, 3.63) is 12.3 Å². The second-order valence-electron chi connectivity index (χ2n) is 3.90. The molecule has 0 amide bonds. The number of rotatable bonds is 6. The van der Waals surface area contributed by atoms with E-state index in [9.17, 15) is 4.79 Å². The lowest BCUT2D eigenvalue weighted by molar-refractivity contribution is -0.112. The lowest BCUT2D eigenvalue weighted by Gasteiger charge is -2.03. The summed E-state index contributed by atoms with van der Waals surface area (Å²) in [4.78, 5) is 16.0. The molecule has 0 aliphatic heterocycles. The van der Waals surface area contributed by atoms with E-state index in [-0.39, 0.29) is 11.9 Å². The van der Waals surface area contributed by atoms with Gasteiger partial charge in [0.05, 0.1) is 6.10 Å². The standard InChI is InChI=1S/C12H19NO2S/c1-5-6-10(14)12(16-4)13-8(2)9-7-11(9)15-3/h9,11H,2,5-7H2,1,3-4H3. The summed E-state index contributed by atoms with van der Waals surface area (Å²) in [5, 5.41) is 0.577. The van der Waals surface area contributed by atoms with E-state index >= 15 is 0 Å². The van der Waals surface area contributed by atoms with E-state index in [1.807, 2.05) is 13.2 Å². The molecule has 0 aromatic rings. The molecule has 0 N–H and O–H groups in total. The largest absolute Gasteiger partial charge is 0.381 e. The van der Waals surface area contributed by atoms with Crippen LogP contribution >= 0.6 is 11.8 Å². The molecule has 2 atom stereocenters. The average molecular weight is 241 g/mol. The van der Waals surface area contributed by atoms with Gasteiger partial charge in [0.15, 0.2) is 5.78 Å². The minimum atomic E-state index is 0.116. The quantitative estimate of drug-likeness (QED) is 0.530. The molecule has 1 aliphatic rings. The highest BCUT2D eigenvalue weighted by Crippen LogP contribution is 2.39. The fraction of sp³-hybridized carbons (Fsp3) is 0.667. The fourth-order valence-corrected chi connectivity index (χ4v) is 2.09. The summed E-state index contributed by atoms with van der Waals surface area (Å²) >= 11 is 1.40. The van der Waals surface area contributed by atoms with E-state index < -0.39 is 0 Å². The maximum absolute atomic E-state index is 11.7. The lowest BCUT2D eigenvalue weighted by Crippen LogP contribution is -2.10. The maximum atomic E-state index is 11.7. The van der Waals surface area contributed by atoms with Gasteiger partial charge in [-0.2, -0.15) is 0 Å². The van der Waals surface area contributed by atoms with Gasteiger partial charge in [-0.25, -0.2) is 4.99 Å². The summed E-state index contributed by atoms with van der Waals surface area (Å²) in [5.74, 6) is 0.423. The number of Topliss-reactive ketones (excluding diaryl/α,β-unsaturated/α-hetero) is 1. The van der Waals surface area contributed by atoms with Crippen molar-refractivity contribution >= 4 is 22.6 Å². The van der Waals surface area contributed by atoms with Crippen LogP contribution in [0.3, 0.4) is 0 Å². The normalized spacial score (nSPS) is 24.3. The molecule has 1 fully saturated rings. The summed E-state index contributed by atoms with van der Waals surface area (Å²) in [6.45, 7) is 5.90. The van der Waals surface area contributed by atoms with Crippen molar-refractivity contribution in [2.75, 3.05) is 13.4 Å². The Bertz CT molecular complexity index is 312. The summed E-state index contributed by atoms with van der Waals surface area (Å²) < 4.78 is 5.20. The van der Waals surface area contributed by atoms with Crippen molar-refractivity contribution in [2.24, 2.45) is 10.9 Å². The van der Waals surface area contributed by atoms with Gasteiger partial charge in [0, 0.05) is 25.1 Å². The van der Waals surface area contributed by atoms with Gasteiger partial charge in [0.25, 0.3) is 0 Å². The van der Waals surface area contributed by atoms with Crippen LogP contribution in [0, 0.1) is 5.92 Å². The SMILES string of the molecule is C=C(N=C(SC)C(=O)CCC)C1CC1OC. The first-order valence-corrected chi connectivity index (χ1v) is 6.74. The second kappa shape index (κ2) is 6.21. The van der Waals surface area contributed by atoms with Gasteiger partial charge >= 0.3 is 0 Å². The van der Waals surface area contributed by atoms with E-state index in [1.165, 1.54) is 11.8 Å². The van der Waals surface area contributed by atoms with Gasteiger partial charge < -0.3 is 4.74 Å². The van der Waals surface area contributed by atoms with E-state index in [1.54, 1.807) is 7.11 Å². The van der Waals surface area contributed by atoms with Gasteiger partial charge in [-0.15, -0.1) is 11.8 Å². The first-order valence-electron chi connectivity index (χ1n) is 5.51. The molecule has 0 radical (unpaired) electrons. The summed E-state index contributed by atoms with van der Waals surface area (Å²) in [5.41, 5.74) is 0.778. The molecule has 16 heavy (non-hydrogen) atoms. The van der Waals surface area contributed by atoms with Crippen molar-refractivity contribution in [3.8, 4) is 0 Å². The molecule has 1 saturated carbocycles. The molecular formula is C12H19NO2S. The zero-order valence-corrected chi connectivity index (χ0v) is 11.0. The molecular weight excluding hydrogens is 222 g/mol. The van der Waals surface area contributed by atoms with Crippen molar-refractivity contribution in [1.29, 1.82) is 0 Å². The topological polar surface area (TPSA) is 38.7 Å². The van der Waals surface area contributed by atoms with Crippen LogP contribution in [0.2, 0.25) is 0 Å². The Morgan fingerprint density at radius 2 is 2.31 bits per heavy atom. The van der Waals surface area contributed by atoms with Crippen LogP contribution in [0.5, 0.6) is 0 Å². The highest BCUT2D eigenvalue weighted by Gasteiger charge is 2.39. The van der Waals surface area contributed by atoms with Crippen LogP contribution in [-0.4, -0.2) is 30.3 Å². The van der Waals surface area contributed by atoms with Gasteiger partial charge in [-0.1, -0.05) is 13.5 Å². The van der Waals surface area contributed by atoms with Gasteiger partial charge in [-0.05, 0) is 19.1 Å². The molecule has 2 unspecified atom stereocenters. The third kappa shape index (κ3) is 3.46. The first kappa shape index (κ1) is 13.5. The van der Waals surface area contributed by atoms with Crippen LogP contribution in [-0.2, 0) is 9.53 Å². The first-order chi connectivity index (χ1) is 7.63. The highest BCUT2D eigenvalue weighted by atomic mass is 32.2. The summed E-state index contributed by atoms with van der Waals surface area (Å²) in [6, 6.07) is 0. The molecule has 4 heteroatoms. The molecule has 3 nitrogen and oxygen atoms in total. The molecule has 90 valence electrons. The maximum Gasteiger partial charge on any atom is 0.187 e. The Balaban J connectivity index is 2.58. The zero-order chi connectivity index (χ0) is 12.1. The van der Waals surface area contributed by atoms with Crippen molar-refractivity contribution in [1.82, 2.24) is 0 Å². The number of aliphatic imine (C=N–C) groups is 1. The second-order valence-corrected chi connectivity index (χ2v) is 4.70. The summed E-state index contributed by atoms with van der Waals surface area (Å²) in [7, 11) is 1.69. The van der Waals surface area contributed by atoms with Crippen molar-refractivity contribution < 1.29 is 9.53 Å². The number of methoxy groups -OCH3 is 1. The number of nitrogens with zero attached hydrogens (tertiary/aromatic N) is 1. The number of ketones is 1. The number of ether oxygens (including phenoxy) is 1. The molecule has 1 aliphatic carbocycles. The van der Waals surface area contributed by atoms with Gasteiger partial charge in [-0.3, -0.25) is 4.79 Å². The van der Waals surface area contributed by atoms with Gasteiger partial charge in [0.1, 0.15) is 5.04 Å². The molecule has 0 saturated heterocycles.